The maximum atomic E-state index is 11.0. The molecule has 2 saturated heterocycles. The van der Waals surface area contributed by atoms with Crippen molar-refractivity contribution in [1.82, 2.24) is 20.3 Å². The Bertz CT molecular complexity index is 811. The van der Waals surface area contributed by atoms with Crippen molar-refractivity contribution in [2.24, 2.45) is 0 Å². The largest absolute Gasteiger partial charge is 0.366 e. The van der Waals surface area contributed by atoms with Crippen molar-refractivity contribution in [3.8, 4) is 0 Å². The van der Waals surface area contributed by atoms with E-state index >= 15 is 0 Å². The Hall–Kier alpha value is -2.65. The Kier molecular flexibility index (Phi) is 4.61. The molecule has 5 heterocycles. The SMILES string of the molecule is OC(Nc1ccncn1)N1c2nc(N3CCCNCC3)ccc2N2CC[C@H]1C2. The average molecular weight is 382 g/mol. The van der Waals surface area contributed by atoms with Gasteiger partial charge < -0.3 is 30.4 Å². The van der Waals surface area contributed by atoms with Gasteiger partial charge in [-0.3, -0.25) is 0 Å². The summed E-state index contributed by atoms with van der Waals surface area (Å²) < 4.78 is 0. The Morgan fingerprint density at radius 2 is 2.11 bits per heavy atom. The maximum absolute atomic E-state index is 11.0. The first kappa shape index (κ1) is 17.4. The van der Waals surface area contributed by atoms with Gasteiger partial charge in [0.25, 0.3) is 0 Å². The first-order valence-electron chi connectivity index (χ1n) is 10.0. The number of aliphatic hydroxyl groups excluding tert-OH is 1. The lowest BCUT2D eigenvalue weighted by molar-refractivity contribution is 0.184. The lowest BCUT2D eigenvalue weighted by Gasteiger charge is -2.40. The minimum absolute atomic E-state index is 0.227. The molecule has 2 aromatic rings. The number of hydrogen-bond acceptors (Lipinski definition) is 9. The van der Waals surface area contributed by atoms with Crippen LogP contribution in [-0.4, -0.2) is 71.7 Å². The Morgan fingerprint density at radius 1 is 1.14 bits per heavy atom. The number of hydrogen-bond donors (Lipinski definition) is 3. The van der Waals surface area contributed by atoms with Crippen molar-refractivity contribution in [1.29, 1.82) is 0 Å². The molecule has 9 nitrogen and oxygen atoms in total. The van der Waals surface area contributed by atoms with Crippen LogP contribution >= 0.6 is 0 Å². The summed E-state index contributed by atoms with van der Waals surface area (Å²) in [5, 5.41) is 17.5. The number of anilines is 4. The van der Waals surface area contributed by atoms with E-state index in [-0.39, 0.29) is 6.04 Å². The summed E-state index contributed by atoms with van der Waals surface area (Å²) >= 11 is 0. The predicted octanol–water partition coefficient (Wildman–Crippen LogP) is 0.458. The van der Waals surface area contributed by atoms with E-state index in [0.29, 0.717) is 5.82 Å². The lowest BCUT2D eigenvalue weighted by Crippen LogP contribution is -2.52. The molecular formula is C19H26N8O. The van der Waals surface area contributed by atoms with Gasteiger partial charge in [-0.2, -0.15) is 0 Å². The minimum Gasteiger partial charge on any atom is -0.366 e. The van der Waals surface area contributed by atoms with Gasteiger partial charge in [-0.15, -0.1) is 0 Å². The number of aromatic nitrogens is 3. The normalized spacial score (nSPS) is 22.6. The second-order valence-corrected chi connectivity index (χ2v) is 7.51. The van der Waals surface area contributed by atoms with Gasteiger partial charge in [0.15, 0.2) is 5.82 Å². The predicted molar refractivity (Wildman–Crippen MR) is 109 cm³/mol. The second kappa shape index (κ2) is 7.40. The van der Waals surface area contributed by atoms with Crippen molar-refractivity contribution >= 4 is 23.1 Å². The molecule has 3 N–H and O–H groups in total. The van der Waals surface area contributed by atoms with Gasteiger partial charge in [0.2, 0.25) is 6.35 Å². The van der Waals surface area contributed by atoms with Crippen LogP contribution in [0.2, 0.25) is 0 Å². The number of rotatable bonds is 4. The van der Waals surface area contributed by atoms with Gasteiger partial charge in [-0.25, -0.2) is 15.0 Å². The van der Waals surface area contributed by atoms with E-state index in [9.17, 15) is 5.11 Å². The van der Waals surface area contributed by atoms with Crippen LogP contribution in [0.25, 0.3) is 0 Å². The van der Waals surface area contributed by atoms with Crippen LogP contribution in [-0.2, 0) is 0 Å². The third-order valence-electron chi connectivity index (χ3n) is 5.77. The number of nitrogens with one attached hydrogen (secondary N) is 2. The smallest absolute Gasteiger partial charge is 0.208 e. The van der Waals surface area contributed by atoms with Gasteiger partial charge in [-0.05, 0) is 37.6 Å². The molecule has 0 aromatic carbocycles. The highest BCUT2D eigenvalue weighted by Crippen LogP contribution is 2.40. The van der Waals surface area contributed by atoms with Crippen LogP contribution < -0.4 is 25.3 Å². The zero-order chi connectivity index (χ0) is 18.9. The van der Waals surface area contributed by atoms with Crippen molar-refractivity contribution < 1.29 is 5.11 Å². The standard InChI is InChI=1S/C19H26N8O/c28-19(23-16-4-7-21-13-22-16)27-14-5-10-26(12-14)15-2-3-17(24-18(15)27)25-9-1-6-20-8-11-25/h2-4,7,13-14,19-20,28H,1,5-6,8-12H2,(H,21,22,23)/t14-,19?/m0/s1. The molecule has 2 bridgehead atoms. The molecule has 0 spiro atoms. The summed E-state index contributed by atoms with van der Waals surface area (Å²) in [4.78, 5) is 19.8. The van der Waals surface area contributed by atoms with Gasteiger partial charge in [0, 0.05) is 38.9 Å². The second-order valence-electron chi connectivity index (χ2n) is 7.51. The molecule has 148 valence electrons. The molecule has 3 aliphatic rings. The third-order valence-corrected chi connectivity index (χ3v) is 5.77. The van der Waals surface area contributed by atoms with E-state index in [4.69, 9.17) is 4.98 Å². The van der Waals surface area contributed by atoms with Crippen LogP contribution in [0.15, 0.2) is 30.7 Å². The summed E-state index contributed by atoms with van der Waals surface area (Å²) in [7, 11) is 0. The average Bonchev–Trinajstić information content (AvgIpc) is 2.95. The molecule has 0 amide bonds. The van der Waals surface area contributed by atoms with Crippen LogP contribution in [0.5, 0.6) is 0 Å². The van der Waals surface area contributed by atoms with Gasteiger partial charge in [0.1, 0.15) is 18.0 Å². The van der Waals surface area contributed by atoms with E-state index in [0.717, 1.165) is 69.4 Å². The number of nitrogens with zero attached hydrogens (tertiary/aromatic N) is 6. The topological polar surface area (TPSA) is 92.7 Å². The highest BCUT2D eigenvalue weighted by molar-refractivity contribution is 5.74. The fourth-order valence-electron chi connectivity index (χ4n) is 4.37. The number of fused-ring (bicyclic) bond motifs is 4. The highest BCUT2D eigenvalue weighted by Gasteiger charge is 2.40. The quantitative estimate of drug-likeness (QED) is 0.652. The minimum atomic E-state index is -0.896. The molecule has 2 atom stereocenters. The third kappa shape index (κ3) is 3.20. The fourth-order valence-corrected chi connectivity index (χ4v) is 4.37. The van der Waals surface area contributed by atoms with E-state index < -0.39 is 6.35 Å². The molecule has 9 heteroatoms. The molecule has 28 heavy (non-hydrogen) atoms. The van der Waals surface area contributed by atoms with Gasteiger partial charge in [-0.1, -0.05) is 0 Å². The molecule has 1 unspecified atom stereocenters. The zero-order valence-electron chi connectivity index (χ0n) is 15.8. The maximum Gasteiger partial charge on any atom is 0.208 e. The van der Waals surface area contributed by atoms with E-state index in [1.165, 1.54) is 6.33 Å². The summed E-state index contributed by atoms with van der Waals surface area (Å²) in [6.45, 7) is 5.85. The first-order chi connectivity index (χ1) is 13.8. The first-order valence-corrected chi connectivity index (χ1v) is 10.0. The van der Waals surface area contributed by atoms with Crippen LogP contribution in [0.1, 0.15) is 12.8 Å². The monoisotopic (exact) mass is 382 g/mol. The summed E-state index contributed by atoms with van der Waals surface area (Å²) in [5.74, 6) is 2.42. The van der Waals surface area contributed by atoms with E-state index in [1.54, 1.807) is 12.3 Å². The summed E-state index contributed by atoms with van der Waals surface area (Å²) in [6, 6.07) is 6.25. The number of pyridine rings is 1. The molecule has 2 fully saturated rings. The zero-order valence-corrected chi connectivity index (χ0v) is 15.8. The molecule has 0 saturated carbocycles. The summed E-state index contributed by atoms with van der Waals surface area (Å²) in [5.41, 5.74) is 1.09. The lowest BCUT2D eigenvalue weighted by atomic mass is 10.2. The van der Waals surface area contributed by atoms with Gasteiger partial charge in [0.05, 0.1) is 11.7 Å². The van der Waals surface area contributed by atoms with Crippen molar-refractivity contribution in [2.45, 2.75) is 25.2 Å². The molecular weight excluding hydrogens is 356 g/mol. The van der Waals surface area contributed by atoms with Crippen molar-refractivity contribution in [3.05, 3.63) is 30.7 Å². The molecule has 5 rings (SSSR count). The highest BCUT2D eigenvalue weighted by atomic mass is 16.3. The van der Waals surface area contributed by atoms with E-state index in [1.807, 2.05) is 4.90 Å². The van der Waals surface area contributed by atoms with Crippen LogP contribution in [0.4, 0.5) is 23.1 Å². The van der Waals surface area contributed by atoms with E-state index in [2.05, 4.69) is 42.5 Å². The van der Waals surface area contributed by atoms with Crippen LogP contribution in [0.3, 0.4) is 0 Å². The van der Waals surface area contributed by atoms with Gasteiger partial charge >= 0.3 is 0 Å². The fraction of sp³-hybridized carbons (Fsp3) is 0.526. The van der Waals surface area contributed by atoms with Crippen LogP contribution in [0, 0.1) is 0 Å². The molecule has 0 radical (unpaired) electrons. The molecule has 2 aromatic heterocycles. The Balaban J connectivity index is 1.46. The summed E-state index contributed by atoms with van der Waals surface area (Å²) in [6.07, 6.45) is 4.34. The van der Waals surface area contributed by atoms with Crippen molar-refractivity contribution in [2.75, 3.05) is 59.3 Å². The molecule has 0 aliphatic carbocycles. The Morgan fingerprint density at radius 3 is 3.00 bits per heavy atom. The van der Waals surface area contributed by atoms with Crippen molar-refractivity contribution in [3.63, 3.8) is 0 Å². The number of aliphatic hydroxyl groups is 1. The Labute approximate surface area is 164 Å². The molecule has 3 aliphatic heterocycles.